The van der Waals surface area contributed by atoms with Gasteiger partial charge in [0.1, 0.15) is 5.69 Å². The Kier molecular flexibility index (Phi) is 7.09. The topological polar surface area (TPSA) is 131 Å². The van der Waals surface area contributed by atoms with Gasteiger partial charge >= 0.3 is 12.0 Å². The monoisotopic (exact) mass is 378 g/mol. The van der Waals surface area contributed by atoms with Crippen molar-refractivity contribution in [3.8, 4) is 0 Å². The van der Waals surface area contributed by atoms with Gasteiger partial charge in [0.15, 0.2) is 6.61 Å². The number of anilines is 1. The molecule has 146 valence electrons. The zero-order chi connectivity index (χ0) is 19.8. The molecule has 0 spiro atoms. The van der Waals surface area contributed by atoms with E-state index < -0.39 is 29.4 Å². The standard InChI is InChI=1S/C17H22N4O6/c1-2-18-17(24)19-15(22)11-27-16(23)12-6-7-13(14(10-12)21(25)26)20-8-4-3-5-9-20/h6-7,10H,2-5,8-9,11H2,1H3,(H2,18,19,22,24). The van der Waals surface area contributed by atoms with Gasteiger partial charge in [-0.05, 0) is 38.3 Å². The fraction of sp³-hybridized carbons (Fsp3) is 0.471. The van der Waals surface area contributed by atoms with Gasteiger partial charge in [0.25, 0.3) is 11.6 Å². The average Bonchev–Trinajstić information content (AvgIpc) is 2.66. The molecule has 1 fully saturated rings. The van der Waals surface area contributed by atoms with Crippen LogP contribution in [0.1, 0.15) is 36.5 Å². The van der Waals surface area contributed by atoms with Crippen molar-refractivity contribution >= 4 is 29.3 Å². The summed E-state index contributed by atoms with van der Waals surface area (Å²) in [6, 6.07) is 3.41. The van der Waals surface area contributed by atoms with Gasteiger partial charge in [0, 0.05) is 25.7 Å². The number of hydrogen-bond donors (Lipinski definition) is 2. The van der Waals surface area contributed by atoms with Crippen molar-refractivity contribution in [1.82, 2.24) is 10.6 Å². The van der Waals surface area contributed by atoms with Crippen LogP contribution in [0.25, 0.3) is 0 Å². The van der Waals surface area contributed by atoms with Crippen molar-refractivity contribution in [3.05, 3.63) is 33.9 Å². The summed E-state index contributed by atoms with van der Waals surface area (Å²) in [7, 11) is 0. The Hall–Kier alpha value is -3.17. The fourth-order valence-corrected chi connectivity index (χ4v) is 2.78. The van der Waals surface area contributed by atoms with Crippen LogP contribution < -0.4 is 15.5 Å². The van der Waals surface area contributed by atoms with Crippen LogP contribution in [0.15, 0.2) is 18.2 Å². The minimum atomic E-state index is -0.880. The maximum absolute atomic E-state index is 12.1. The van der Waals surface area contributed by atoms with E-state index in [2.05, 4.69) is 5.32 Å². The lowest BCUT2D eigenvalue weighted by Crippen LogP contribution is -2.41. The molecular weight excluding hydrogens is 356 g/mol. The number of amides is 3. The lowest BCUT2D eigenvalue weighted by atomic mass is 10.1. The lowest BCUT2D eigenvalue weighted by Gasteiger charge is -2.28. The van der Waals surface area contributed by atoms with Gasteiger partial charge in [-0.15, -0.1) is 0 Å². The predicted octanol–water partition coefficient (Wildman–Crippen LogP) is 1.59. The Balaban J connectivity index is 2.03. The molecule has 1 aliphatic heterocycles. The molecule has 1 aliphatic rings. The second kappa shape index (κ2) is 9.51. The van der Waals surface area contributed by atoms with Crippen LogP contribution in [-0.4, -0.2) is 49.1 Å². The number of nitrogens with one attached hydrogen (secondary N) is 2. The maximum atomic E-state index is 12.1. The SMILES string of the molecule is CCNC(=O)NC(=O)COC(=O)c1ccc(N2CCCCC2)c([N+](=O)[O-])c1. The number of ether oxygens (including phenoxy) is 1. The molecular formula is C17H22N4O6. The molecule has 2 N–H and O–H groups in total. The highest BCUT2D eigenvalue weighted by molar-refractivity contribution is 5.97. The van der Waals surface area contributed by atoms with Gasteiger partial charge in [-0.1, -0.05) is 0 Å². The molecule has 0 saturated carbocycles. The molecule has 27 heavy (non-hydrogen) atoms. The summed E-state index contributed by atoms with van der Waals surface area (Å²) in [6.45, 7) is 2.81. The molecule has 10 nitrogen and oxygen atoms in total. The van der Waals surface area contributed by atoms with Crippen molar-refractivity contribution < 1.29 is 24.0 Å². The van der Waals surface area contributed by atoms with Crippen LogP contribution in [0.5, 0.6) is 0 Å². The molecule has 0 aromatic heterocycles. The lowest BCUT2D eigenvalue weighted by molar-refractivity contribution is -0.384. The summed E-state index contributed by atoms with van der Waals surface area (Å²) in [6.07, 6.45) is 3.01. The Labute approximate surface area is 156 Å². The smallest absolute Gasteiger partial charge is 0.338 e. The summed E-state index contributed by atoms with van der Waals surface area (Å²) < 4.78 is 4.82. The number of imide groups is 1. The van der Waals surface area contributed by atoms with Gasteiger partial charge in [0.05, 0.1) is 10.5 Å². The number of carbonyl (C=O) groups excluding carboxylic acids is 3. The number of benzene rings is 1. The van der Waals surface area contributed by atoms with E-state index in [0.717, 1.165) is 38.4 Å². The first-order valence-electron chi connectivity index (χ1n) is 8.70. The first-order valence-corrected chi connectivity index (χ1v) is 8.70. The third-order valence-electron chi connectivity index (χ3n) is 4.03. The van der Waals surface area contributed by atoms with Crippen LogP contribution in [0.4, 0.5) is 16.2 Å². The van der Waals surface area contributed by atoms with Crippen molar-refractivity contribution in [2.24, 2.45) is 0 Å². The Morgan fingerprint density at radius 2 is 1.93 bits per heavy atom. The average molecular weight is 378 g/mol. The second-order valence-electron chi connectivity index (χ2n) is 5.99. The van der Waals surface area contributed by atoms with Gasteiger partial charge in [-0.25, -0.2) is 9.59 Å². The van der Waals surface area contributed by atoms with Crippen LogP contribution in [0, 0.1) is 10.1 Å². The molecule has 1 aromatic carbocycles. The summed E-state index contributed by atoms with van der Waals surface area (Å²) >= 11 is 0. The Morgan fingerprint density at radius 1 is 1.22 bits per heavy atom. The van der Waals surface area contributed by atoms with Crippen molar-refractivity contribution in [3.63, 3.8) is 0 Å². The normalized spacial score (nSPS) is 13.6. The van der Waals surface area contributed by atoms with Gasteiger partial charge in [-0.3, -0.25) is 20.2 Å². The maximum Gasteiger partial charge on any atom is 0.338 e. The molecule has 0 unspecified atom stereocenters. The number of hydrogen-bond acceptors (Lipinski definition) is 7. The van der Waals surface area contributed by atoms with E-state index in [0.29, 0.717) is 12.2 Å². The summed E-state index contributed by atoms with van der Waals surface area (Å²) in [4.78, 5) is 47.6. The van der Waals surface area contributed by atoms with E-state index >= 15 is 0 Å². The quantitative estimate of drug-likeness (QED) is 0.436. The predicted molar refractivity (Wildman–Crippen MR) is 96.7 cm³/mol. The van der Waals surface area contributed by atoms with E-state index in [4.69, 9.17) is 4.74 Å². The third kappa shape index (κ3) is 5.66. The number of urea groups is 1. The Morgan fingerprint density at radius 3 is 2.56 bits per heavy atom. The largest absolute Gasteiger partial charge is 0.452 e. The highest BCUT2D eigenvalue weighted by Crippen LogP contribution is 2.31. The van der Waals surface area contributed by atoms with Crippen molar-refractivity contribution in [2.45, 2.75) is 26.2 Å². The number of piperidine rings is 1. The van der Waals surface area contributed by atoms with Crippen LogP contribution >= 0.6 is 0 Å². The van der Waals surface area contributed by atoms with E-state index in [1.165, 1.54) is 12.1 Å². The zero-order valence-corrected chi connectivity index (χ0v) is 15.0. The number of nitro groups is 1. The van der Waals surface area contributed by atoms with Crippen LogP contribution in [0.3, 0.4) is 0 Å². The summed E-state index contributed by atoms with van der Waals surface area (Å²) in [5, 5.41) is 15.8. The summed E-state index contributed by atoms with van der Waals surface area (Å²) in [5.74, 6) is -1.68. The number of rotatable bonds is 6. The number of carbonyl (C=O) groups is 3. The van der Waals surface area contributed by atoms with Crippen LogP contribution in [0.2, 0.25) is 0 Å². The second-order valence-corrected chi connectivity index (χ2v) is 5.99. The van der Waals surface area contributed by atoms with E-state index in [1.54, 1.807) is 6.92 Å². The number of nitro benzene ring substituents is 1. The number of esters is 1. The molecule has 0 radical (unpaired) electrons. The number of nitrogens with zero attached hydrogens (tertiary/aromatic N) is 2. The van der Waals surface area contributed by atoms with Crippen molar-refractivity contribution in [1.29, 1.82) is 0 Å². The fourth-order valence-electron chi connectivity index (χ4n) is 2.78. The van der Waals surface area contributed by atoms with Gasteiger partial charge in [0.2, 0.25) is 0 Å². The first kappa shape index (κ1) is 20.1. The highest BCUT2D eigenvalue weighted by atomic mass is 16.6. The summed E-state index contributed by atoms with van der Waals surface area (Å²) in [5.41, 5.74) is 0.247. The van der Waals surface area contributed by atoms with Crippen LogP contribution in [-0.2, 0) is 9.53 Å². The third-order valence-corrected chi connectivity index (χ3v) is 4.03. The van der Waals surface area contributed by atoms with E-state index in [9.17, 15) is 24.5 Å². The molecule has 3 amide bonds. The zero-order valence-electron chi connectivity index (χ0n) is 15.0. The molecule has 0 aliphatic carbocycles. The minimum Gasteiger partial charge on any atom is -0.452 e. The molecule has 0 bridgehead atoms. The molecule has 0 atom stereocenters. The highest BCUT2D eigenvalue weighted by Gasteiger charge is 2.24. The Bertz CT molecular complexity index is 730. The molecule has 10 heteroatoms. The van der Waals surface area contributed by atoms with E-state index in [1.807, 2.05) is 10.2 Å². The molecule has 1 aromatic rings. The minimum absolute atomic E-state index is 0.0340. The molecule has 1 heterocycles. The van der Waals surface area contributed by atoms with Crippen molar-refractivity contribution in [2.75, 3.05) is 31.1 Å². The molecule has 2 rings (SSSR count). The van der Waals surface area contributed by atoms with E-state index in [-0.39, 0.29) is 11.3 Å². The van der Waals surface area contributed by atoms with Gasteiger partial charge < -0.3 is 15.0 Å². The first-order chi connectivity index (χ1) is 12.9. The van der Waals surface area contributed by atoms with Gasteiger partial charge in [-0.2, -0.15) is 0 Å². The molecule has 1 saturated heterocycles.